The first-order valence-electron chi connectivity index (χ1n) is 11.1. The summed E-state index contributed by atoms with van der Waals surface area (Å²) in [5.74, 6) is -0.288. The molecule has 1 saturated heterocycles. The molecule has 0 saturated carbocycles. The van der Waals surface area contributed by atoms with Crippen LogP contribution in [0.5, 0.6) is 0 Å². The van der Waals surface area contributed by atoms with Crippen molar-refractivity contribution in [3.05, 3.63) is 55.7 Å². The Kier molecular flexibility index (Phi) is 7.45. The number of benzene rings is 1. The molecule has 3 heterocycles. The predicted octanol–water partition coefficient (Wildman–Crippen LogP) is 5.19. The van der Waals surface area contributed by atoms with Crippen molar-refractivity contribution >= 4 is 46.4 Å². The number of halogens is 2. The SMILES string of the molecule is CC(C)C(=O)N(CC(=O)N1CCc2sccc2C1c1ccc(Cl)cc1Cl)CC1CCCO1. The van der Waals surface area contributed by atoms with Gasteiger partial charge in [-0.2, -0.15) is 0 Å². The van der Waals surface area contributed by atoms with E-state index in [0.29, 0.717) is 29.7 Å². The molecule has 4 rings (SSSR count). The first-order valence-corrected chi connectivity index (χ1v) is 12.7. The Labute approximate surface area is 203 Å². The van der Waals surface area contributed by atoms with Crippen molar-refractivity contribution in [3.63, 3.8) is 0 Å². The van der Waals surface area contributed by atoms with Crippen LogP contribution in [-0.2, 0) is 20.7 Å². The Morgan fingerprint density at radius 2 is 2.06 bits per heavy atom. The maximum Gasteiger partial charge on any atom is 0.242 e. The second-order valence-corrected chi connectivity index (χ2v) is 10.6. The quantitative estimate of drug-likeness (QED) is 0.554. The minimum Gasteiger partial charge on any atom is -0.376 e. The molecule has 8 heteroatoms. The minimum absolute atomic E-state index is 0.00293. The molecule has 2 aliphatic heterocycles. The third-order valence-electron chi connectivity index (χ3n) is 6.12. The van der Waals surface area contributed by atoms with Crippen molar-refractivity contribution in [1.29, 1.82) is 0 Å². The van der Waals surface area contributed by atoms with Crippen LogP contribution in [0.2, 0.25) is 10.0 Å². The Balaban J connectivity index is 1.62. The maximum atomic E-state index is 13.6. The van der Waals surface area contributed by atoms with E-state index in [4.69, 9.17) is 27.9 Å². The van der Waals surface area contributed by atoms with Gasteiger partial charge in [0.15, 0.2) is 0 Å². The lowest BCUT2D eigenvalue weighted by molar-refractivity contribution is -0.144. The van der Waals surface area contributed by atoms with Crippen LogP contribution < -0.4 is 0 Å². The molecule has 0 N–H and O–H groups in total. The predicted molar refractivity (Wildman–Crippen MR) is 128 cm³/mol. The lowest BCUT2D eigenvalue weighted by Crippen LogP contribution is -2.49. The van der Waals surface area contributed by atoms with E-state index >= 15 is 0 Å². The summed E-state index contributed by atoms with van der Waals surface area (Å²) in [5.41, 5.74) is 1.95. The molecule has 172 valence electrons. The molecule has 2 aromatic rings. The molecule has 2 atom stereocenters. The molecule has 2 amide bonds. The number of hydrogen-bond donors (Lipinski definition) is 0. The zero-order valence-corrected chi connectivity index (χ0v) is 20.7. The molecule has 1 fully saturated rings. The average molecular weight is 495 g/mol. The summed E-state index contributed by atoms with van der Waals surface area (Å²) in [7, 11) is 0. The largest absolute Gasteiger partial charge is 0.376 e. The molecule has 1 aromatic carbocycles. The number of nitrogens with zero attached hydrogens (tertiary/aromatic N) is 2. The normalized spacial score (nSPS) is 20.5. The first kappa shape index (κ1) is 23.6. The lowest BCUT2D eigenvalue weighted by atomic mass is 9.93. The van der Waals surface area contributed by atoms with E-state index in [9.17, 15) is 9.59 Å². The number of carbonyl (C=O) groups is 2. The van der Waals surface area contributed by atoms with E-state index in [1.165, 1.54) is 4.88 Å². The third kappa shape index (κ3) is 4.98. The summed E-state index contributed by atoms with van der Waals surface area (Å²) in [5, 5.41) is 3.15. The Bertz CT molecular complexity index is 987. The van der Waals surface area contributed by atoms with E-state index in [0.717, 1.165) is 30.4 Å². The summed E-state index contributed by atoms with van der Waals surface area (Å²) in [6.45, 7) is 5.52. The molecule has 0 aliphatic carbocycles. The second kappa shape index (κ2) is 10.1. The summed E-state index contributed by atoms with van der Waals surface area (Å²) in [6.07, 6.45) is 2.70. The highest BCUT2D eigenvalue weighted by Gasteiger charge is 2.36. The number of amides is 2. The van der Waals surface area contributed by atoms with Gasteiger partial charge >= 0.3 is 0 Å². The standard InChI is InChI=1S/C24H28Cl2N2O3S/c1-15(2)24(30)27(13-17-4-3-10-31-17)14-22(29)28-9-7-21-19(8-11-32-21)23(28)18-6-5-16(25)12-20(18)26/h5-6,8,11-12,15,17,23H,3-4,7,9-10,13-14H2,1-2H3. The van der Waals surface area contributed by atoms with Gasteiger partial charge in [-0.15, -0.1) is 11.3 Å². The van der Waals surface area contributed by atoms with Gasteiger partial charge in [-0.05, 0) is 54.0 Å². The highest BCUT2D eigenvalue weighted by molar-refractivity contribution is 7.10. The fourth-order valence-corrected chi connectivity index (χ4v) is 5.95. The monoisotopic (exact) mass is 494 g/mol. The van der Waals surface area contributed by atoms with Gasteiger partial charge in [-0.3, -0.25) is 9.59 Å². The highest BCUT2D eigenvalue weighted by Crippen LogP contribution is 2.41. The van der Waals surface area contributed by atoms with Gasteiger partial charge in [0.25, 0.3) is 0 Å². The van der Waals surface area contributed by atoms with Crippen LogP contribution >= 0.6 is 34.5 Å². The summed E-state index contributed by atoms with van der Waals surface area (Å²) in [6, 6.07) is 7.19. The molecule has 2 unspecified atom stereocenters. The van der Waals surface area contributed by atoms with Crippen molar-refractivity contribution in [3.8, 4) is 0 Å². The number of thiophene rings is 1. The van der Waals surface area contributed by atoms with Gasteiger partial charge in [-0.25, -0.2) is 0 Å². The third-order valence-corrected chi connectivity index (χ3v) is 7.68. The Hall–Kier alpha value is -1.60. The molecule has 5 nitrogen and oxygen atoms in total. The van der Waals surface area contributed by atoms with E-state index in [-0.39, 0.29) is 36.4 Å². The number of hydrogen-bond acceptors (Lipinski definition) is 4. The van der Waals surface area contributed by atoms with Crippen LogP contribution in [0, 0.1) is 5.92 Å². The minimum atomic E-state index is -0.291. The van der Waals surface area contributed by atoms with E-state index in [2.05, 4.69) is 11.4 Å². The highest BCUT2D eigenvalue weighted by atomic mass is 35.5. The Morgan fingerprint density at radius 1 is 1.25 bits per heavy atom. The van der Waals surface area contributed by atoms with Crippen LogP contribution in [0.15, 0.2) is 29.6 Å². The van der Waals surface area contributed by atoms with Crippen LogP contribution in [-0.4, -0.2) is 54.0 Å². The van der Waals surface area contributed by atoms with E-state index in [1.807, 2.05) is 24.8 Å². The van der Waals surface area contributed by atoms with Gasteiger partial charge in [0.1, 0.15) is 0 Å². The molecule has 0 radical (unpaired) electrons. The number of rotatable bonds is 6. The molecule has 1 aromatic heterocycles. The maximum absolute atomic E-state index is 13.6. The Morgan fingerprint density at radius 3 is 2.75 bits per heavy atom. The van der Waals surface area contributed by atoms with Crippen molar-refractivity contribution in [2.24, 2.45) is 5.92 Å². The van der Waals surface area contributed by atoms with Crippen LogP contribution in [0.1, 0.15) is 48.7 Å². The van der Waals surface area contributed by atoms with Crippen molar-refractivity contribution in [1.82, 2.24) is 9.80 Å². The van der Waals surface area contributed by atoms with E-state index in [1.54, 1.807) is 28.4 Å². The van der Waals surface area contributed by atoms with Gasteiger partial charge in [-0.1, -0.05) is 43.1 Å². The fraction of sp³-hybridized carbons (Fsp3) is 0.500. The topological polar surface area (TPSA) is 49.9 Å². The van der Waals surface area contributed by atoms with Crippen molar-refractivity contribution in [2.45, 2.75) is 45.3 Å². The molecule has 0 bridgehead atoms. The smallest absolute Gasteiger partial charge is 0.242 e. The molecule has 2 aliphatic rings. The zero-order valence-electron chi connectivity index (χ0n) is 18.4. The van der Waals surface area contributed by atoms with Gasteiger partial charge in [0, 0.05) is 40.5 Å². The average Bonchev–Trinajstić information content (AvgIpc) is 3.44. The van der Waals surface area contributed by atoms with Crippen LogP contribution in [0.3, 0.4) is 0 Å². The van der Waals surface area contributed by atoms with Crippen LogP contribution in [0.25, 0.3) is 0 Å². The second-order valence-electron chi connectivity index (χ2n) is 8.71. The fourth-order valence-electron chi connectivity index (χ4n) is 4.53. The molecular weight excluding hydrogens is 467 g/mol. The summed E-state index contributed by atoms with van der Waals surface area (Å²) >= 11 is 14.4. The first-order chi connectivity index (χ1) is 15.3. The molecule has 32 heavy (non-hydrogen) atoms. The number of fused-ring (bicyclic) bond motifs is 1. The number of ether oxygens (including phenoxy) is 1. The van der Waals surface area contributed by atoms with Crippen LogP contribution in [0.4, 0.5) is 0 Å². The molecule has 0 spiro atoms. The lowest BCUT2D eigenvalue weighted by Gasteiger charge is -2.38. The molecular formula is C24H28Cl2N2O3S. The van der Waals surface area contributed by atoms with Gasteiger partial charge in [0.05, 0.1) is 18.7 Å². The van der Waals surface area contributed by atoms with Gasteiger partial charge < -0.3 is 14.5 Å². The van der Waals surface area contributed by atoms with Gasteiger partial charge in [0.2, 0.25) is 11.8 Å². The number of carbonyl (C=O) groups excluding carboxylic acids is 2. The van der Waals surface area contributed by atoms with E-state index < -0.39 is 0 Å². The summed E-state index contributed by atoms with van der Waals surface area (Å²) in [4.78, 5) is 31.3. The van der Waals surface area contributed by atoms with Crippen molar-refractivity contribution in [2.75, 3.05) is 26.2 Å². The summed E-state index contributed by atoms with van der Waals surface area (Å²) < 4.78 is 5.75. The van der Waals surface area contributed by atoms with Crippen molar-refractivity contribution < 1.29 is 14.3 Å². The zero-order chi connectivity index (χ0) is 22.8.